The van der Waals surface area contributed by atoms with E-state index in [0.29, 0.717) is 5.75 Å². The van der Waals surface area contributed by atoms with Crippen molar-refractivity contribution in [2.75, 3.05) is 20.6 Å². The van der Waals surface area contributed by atoms with Gasteiger partial charge in [-0.15, -0.1) is 0 Å². The van der Waals surface area contributed by atoms with Gasteiger partial charge in [-0.25, -0.2) is 0 Å². The van der Waals surface area contributed by atoms with Gasteiger partial charge in [0.15, 0.2) is 0 Å². The Bertz CT molecular complexity index is 831. The number of fused-ring (bicyclic) bond motifs is 1. The number of esters is 1. The predicted octanol–water partition coefficient (Wildman–Crippen LogP) is 8.29. The van der Waals surface area contributed by atoms with E-state index in [1.807, 2.05) is 32.0 Å². The molecule has 0 spiro atoms. The van der Waals surface area contributed by atoms with E-state index in [0.717, 1.165) is 53.9 Å². The van der Waals surface area contributed by atoms with Gasteiger partial charge in [-0.05, 0) is 101 Å². The maximum atomic E-state index is 12.2. The standard InChI is InChI=1S/C32H55NO3/c1-23(2)13-10-14-24(3)15-11-16-25(4)17-12-19-32(7)20-18-28-21-29(35-30(34)22-33(8)9)26(5)27(6)31(28)36-32/h21,23-25H,10-20,22H2,1-9H3. The number of hydrogen-bond donors (Lipinski definition) is 0. The molecule has 1 aromatic rings. The maximum Gasteiger partial charge on any atom is 0.325 e. The Labute approximate surface area is 222 Å². The van der Waals surface area contributed by atoms with E-state index < -0.39 is 0 Å². The Morgan fingerprint density at radius 2 is 1.56 bits per heavy atom. The van der Waals surface area contributed by atoms with Crippen LogP contribution in [-0.4, -0.2) is 37.1 Å². The van der Waals surface area contributed by atoms with Gasteiger partial charge in [-0.2, -0.15) is 0 Å². The van der Waals surface area contributed by atoms with Gasteiger partial charge in [0.1, 0.15) is 17.1 Å². The van der Waals surface area contributed by atoms with Crippen LogP contribution < -0.4 is 9.47 Å². The third-order valence-electron chi connectivity index (χ3n) is 8.09. The molecule has 0 radical (unpaired) electrons. The van der Waals surface area contributed by atoms with Crippen LogP contribution in [0.15, 0.2) is 6.07 Å². The summed E-state index contributed by atoms with van der Waals surface area (Å²) in [6, 6.07) is 2.02. The fraction of sp³-hybridized carbons (Fsp3) is 0.781. The van der Waals surface area contributed by atoms with Crippen molar-refractivity contribution >= 4 is 5.97 Å². The van der Waals surface area contributed by atoms with Crippen LogP contribution in [0.3, 0.4) is 0 Å². The summed E-state index contributed by atoms with van der Waals surface area (Å²) in [6.07, 6.45) is 13.8. The summed E-state index contributed by atoms with van der Waals surface area (Å²) in [4.78, 5) is 14.0. The minimum atomic E-state index is -0.223. The molecule has 0 aromatic heterocycles. The Morgan fingerprint density at radius 3 is 2.14 bits per heavy atom. The molecule has 4 heteroatoms. The van der Waals surface area contributed by atoms with Crippen molar-refractivity contribution in [2.45, 2.75) is 125 Å². The minimum absolute atomic E-state index is 0.113. The summed E-state index contributed by atoms with van der Waals surface area (Å²) < 4.78 is 12.3. The number of aryl methyl sites for hydroxylation is 1. The molecule has 1 aliphatic rings. The zero-order chi connectivity index (χ0) is 26.9. The normalized spacial score (nSPS) is 19.2. The highest BCUT2D eigenvalue weighted by Gasteiger charge is 2.33. The molecule has 0 N–H and O–H groups in total. The molecule has 0 saturated heterocycles. The van der Waals surface area contributed by atoms with Crippen LogP contribution in [0.5, 0.6) is 11.5 Å². The van der Waals surface area contributed by atoms with Gasteiger partial charge >= 0.3 is 5.97 Å². The minimum Gasteiger partial charge on any atom is -0.487 e. The molecule has 206 valence electrons. The Kier molecular flexibility index (Phi) is 12.3. The average molecular weight is 502 g/mol. The molecule has 0 aliphatic carbocycles. The van der Waals surface area contributed by atoms with E-state index in [1.165, 1.54) is 56.9 Å². The molecule has 2 rings (SSSR count). The summed E-state index contributed by atoms with van der Waals surface area (Å²) in [5, 5.41) is 0. The van der Waals surface area contributed by atoms with Crippen molar-refractivity contribution in [1.82, 2.24) is 4.90 Å². The lowest BCUT2D eigenvalue weighted by molar-refractivity contribution is -0.135. The third kappa shape index (κ3) is 10.1. The quantitative estimate of drug-likeness (QED) is 0.179. The summed E-state index contributed by atoms with van der Waals surface area (Å²) in [6.45, 7) is 16.2. The first-order valence-corrected chi connectivity index (χ1v) is 14.6. The maximum absolute atomic E-state index is 12.2. The lowest BCUT2D eigenvalue weighted by Crippen LogP contribution is -2.37. The van der Waals surface area contributed by atoms with Gasteiger partial charge in [0, 0.05) is 0 Å². The van der Waals surface area contributed by atoms with Gasteiger partial charge < -0.3 is 9.47 Å². The third-order valence-corrected chi connectivity index (χ3v) is 8.09. The summed E-state index contributed by atoms with van der Waals surface area (Å²) in [5.74, 6) is 3.95. The molecule has 0 fully saturated rings. The fourth-order valence-electron chi connectivity index (χ4n) is 5.45. The average Bonchev–Trinajstić information content (AvgIpc) is 2.77. The monoisotopic (exact) mass is 501 g/mol. The van der Waals surface area contributed by atoms with E-state index >= 15 is 0 Å². The first-order valence-electron chi connectivity index (χ1n) is 14.6. The van der Waals surface area contributed by atoms with E-state index in [-0.39, 0.29) is 18.1 Å². The van der Waals surface area contributed by atoms with Crippen LogP contribution in [-0.2, 0) is 11.2 Å². The molecule has 1 aliphatic heterocycles. The van der Waals surface area contributed by atoms with Crippen molar-refractivity contribution in [3.63, 3.8) is 0 Å². The molecule has 0 bridgehead atoms. The highest BCUT2D eigenvalue weighted by molar-refractivity contribution is 5.75. The summed E-state index contributed by atoms with van der Waals surface area (Å²) >= 11 is 0. The van der Waals surface area contributed by atoms with Crippen molar-refractivity contribution < 1.29 is 14.3 Å². The molecule has 36 heavy (non-hydrogen) atoms. The second-order valence-electron chi connectivity index (χ2n) is 12.7. The zero-order valence-electron chi connectivity index (χ0n) is 25.0. The zero-order valence-corrected chi connectivity index (χ0v) is 25.0. The Hall–Kier alpha value is -1.55. The predicted molar refractivity (Wildman–Crippen MR) is 152 cm³/mol. The van der Waals surface area contributed by atoms with Crippen LogP contribution in [0.25, 0.3) is 0 Å². The number of carbonyl (C=O) groups excluding carboxylic acids is 1. The number of likely N-dealkylation sites (N-methyl/N-ethyl adjacent to an activating group) is 1. The number of nitrogens with zero attached hydrogens (tertiary/aromatic N) is 1. The molecule has 3 atom stereocenters. The van der Waals surface area contributed by atoms with Crippen molar-refractivity contribution in [3.05, 3.63) is 22.8 Å². The molecule has 0 amide bonds. The molecule has 1 aromatic carbocycles. The SMILES string of the molecule is Cc1c(OC(=O)CN(C)C)cc2c(c1C)OC(C)(CCCC(C)CCCC(C)CCCC(C)C)CC2. The lowest BCUT2D eigenvalue weighted by Gasteiger charge is -2.37. The number of benzene rings is 1. The van der Waals surface area contributed by atoms with Gasteiger partial charge in [0.25, 0.3) is 0 Å². The number of rotatable bonds is 15. The summed E-state index contributed by atoms with van der Waals surface area (Å²) in [7, 11) is 3.75. The Morgan fingerprint density at radius 1 is 0.972 bits per heavy atom. The van der Waals surface area contributed by atoms with Gasteiger partial charge in [0.2, 0.25) is 0 Å². The largest absolute Gasteiger partial charge is 0.487 e. The first-order chi connectivity index (χ1) is 16.9. The molecule has 1 heterocycles. The number of hydrogen-bond acceptors (Lipinski definition) is 4. The van der Waals surface area contributed by atoms with Crippen molar-refractivity contribution in [3.8, 4) is 11.5 Å². The topological polar surface area (TPSA) is 38.8 Å². The molecular weight excluding hydrogens is 446 g/mol. The van der Waals surface area contributed by atoms with Gasteiger partial charge in [0.05, 0.1) is 6.54 Å². The van der Waals surface area contributed by atoms with Crippen LogP contribution in [0.2, 0.25) is 0 Å². The molecule has 4 nitrogen and oxygen atoms in total. The number of ether oxygens (including phenoxy) is 2. The second kappa shape index (κ2) is 14.4. The van der Waals surface area contributed by atoms with Gasteiger partial charge in [-0.1, -0.05) is 72.6 Å². The van der Waals surface area contributed by atoms with Crippen LogP contribution in [0.1, 0.15) is 116 Å². The van der Waals surface area contributed by atoms with E-state index in [4.69, 9.17) is 9.47 Å². The van der Waals surface area contributed by atoms with Crippen LogP contribution in [0, 0.1) is 31.6 Å². The lowest BCUT2D eigenvalue weighted by atomic mass is 9.85. The van der Waals surface area contributed by atoms with Crippen molar-refractivity contribution in [2.24, 2.45) is 17.8 Å². The highest BCUT2D eigenvalue weighted by atomic mass is 16.5. The van der Waals surface area contributed by atoms with E-state index in [9.17, 15) is 4.79 Å². The summed E-state index contributed by atoms with van der Waals surface area (Å²) in [5.41, 5.74) is 3.15. The molecule has 0 saturated carbocycles. The van der Waals surface area contributed by atoms with E-state index in [2.05, 4.69) is 41.5 Å². The van der Waals surface area contributed by atoms with Crippen LogP contribution >= 0.6 is 0 Å². The van der Waals surface area contributed by atoms with Gasteiger partial charge in [-0.3, -0.25) is 9.69 Å². The van der Waals surface area contributed by atoms with Crippen LogP contribution in [0.4, 0.5) is 0 Å². The van der Waals surface area contributed by atoms with Crippen molar-refractivity contribution in [1.29, 1.82) is 0 Å². The van der Waals surface area contributed by atoms with E-state index in [1.54, 1.807) is 0 Å². The molecular formula is C32H55NO3. The smallest absolute Gasteiger partial charge is 0.325 e. The Balaban J connectivity index is 1.80. The first kappa shape index (κ1) is 30.7. The highest BCUT2D eigenvalue weighted by Crippen LogP contribution is 2.42. The fourth-order valence-corrected chi connectivity index (χ4v) is 5.45. The number of carbonyl (C=O) groups is 1. The second-order valence-corrected chi connectivity index (χ2v) is 12.7. The molecule has 3 unspecified atom stereocenters.